The summed E-state index contributed by atoms with van der Waals surface area (Å²) in [5.74, 6) is -8.07. The molecule has 42 heavy (non-hydrogen) atoms. The van der Waals surface area contributed by atoms with Crippen molar-refractivity contribution >= 4 is 104 Å². The number of aryl methyl sites for hydroxylation is 1. The van der Waals surface area contributed by atoms with E-state index in [1.54, 1.807) is 5.32 Å². The molecule has 0 spiro atoms. The van der Waals surface area contributed by atoms with E-state index >= 15 is 0 Å². The fraction of sp³-hybridized carbons (Fsp3) is 0.192. The summed E-state index contributed by atoms with van der Waals surface area (Å²) in [6, 6.07) is 6.89. The molecule has 16 heteroatoms. The zero-order valence-corrected chi connectivity index (χ0v) is 25.2. The first kappa shape index (κ1) is 32.4. The Morgan fingerprint density at radius 3 is 2.10 bits per heavy atom. The number of carbonyl (C=O) groups excluding carboxylic acids is 3. The van der Waals surface area contributed by atoms with Gasteiger partial charge in [0.25, 0.3) is 11.8 Å². The Kier molecular flexibility index (Phi) is 9.47. The average Bonchev–Trinajstić information content (AvgIpc) is 3.49. The van der Waals surface area contributed by atoms with E-state index in [4.69, 9.17) is 69.6 Å². The van der Waals surface area contributed by atoms with Gasteiger partial charge in [0.2, 0.25) is 5.91 Å². The highest BCUT2D eigenvalue weighted by Gasteiger charge is 2.67. The smallest absolute Gasteiger partial charge is 0.315 e. The van der Waals surface area contributed by atoms with Crippen LogP contribution in [-0.4, -0.2) is 28.5 Å². The quantitative estimate of drug-likeness (QED) is 0.130. The number of hydrogen-bond acceptors (Lipinski definition) is 3. The molecule has 0 heterocycles. The summed E-state index contributed by atoms with van der Waals surface area (Å²) in [7, 11) is 0. The Labute approximate surface area is 265 Å². The van der Waals surface area contributed by atoms with Gasteiger partial charge in [0, 0.05) is 11.6 Å². The van der Waals surface area contributed by atoms with Crippen molar-refractivity contribution in [2.75, 3.05) is 16.0 Å². The lowest BCUT2D eigenvalue weighted by atomic mass is 10.1. The van der Waals surface area contributed by atoms with Crippen LogP contribution >= 0.6 is 69.6 Å². The molecule has 0 unspecified atom stereocenters. The second-order valence-electron chi connectivity index (χ2n) is 9.10. The van der Waals surface area contributed by atoms with E-state index in [1.807, 2.05) is 5.32 Å². The van der Waals surface area contributed by atoms with Crippen LogP contribution < -0.4 is 16.0 Å². The van der Waals surface area contributed by atoms with Crippen LogP contribution in [0.3, 0.4) is 0 Å². The molecule has 1 aliphatic carbocycles. The van der Waals surface area contributed by atoms with E-state index in [-0.39, 0.29) is 31.3 Å². The first-order valence-corrected chi connectivity index (χ1v) is 13.8. The second-order valence-corrected chi connectivity index (χ2v) is 12.1. The molecule has 3 aromatic rings. The lowest BCUT2D eigenvalue weighted by Crippen LogP contribution is -2.22. The van der Waals surface area contributed by atoms with Gasteiger partial charge in [-0.25, -0.2) is 8.78 Å². The minimum absolute atomic E-state index is 0.0629. The summed E-state index contributed by atoms with van der Waals surface area (Å²) in [4.78, 5) is 37.4. The standard InChI is InChI=1S/C26H15Cl6F4N3O3/c1-8-4-10(37-24(41)17-16(26(17,31)32)9-5-12(27)19(30)13(28)6-9)7-11(18(8)29)23(40)39-21-14(33)2-3-15(20(21)34)38-25(42)22(35)36/h2-7,16-17,22H,1H3,(H,37,41)(H,38,42)(H,39,40)/t16-,17+/m0/s1. The summed E-state index contributed by atoms with van der Waals surface area (Å²) in [5, 5.41) is 6.41. The van der Waals surface area contributed by atoms with E-state index in [2.05, 4.69) is 5.32 Å². The number of benzene rings is 3. The average molecular weight is 706 g/mol. The number of amides is 3. The third kappa shape index (κ3) is 6.39. The van der Waals surface area contributed by atoms with Crippen molar-refractivity contribution in [1.82, 2.24) is 0 Å². The van der Waals surface area contributed by atoms with Gasteiger partial charge < -0.3 is 16.0 Å². The van der Waals surface area contributed by atoms with Gasteiger partial charge in [-0.3, -0.25) is 14.4 Å². The highest BCUT2D eigenvalue weighted by molar-refractivity contribution is 6.54. The van der Waals surface area contributed by atoms with Crippen molar-refractivity contribution in [1.29, 1.82) is 0 Å². The number of rotatable bonds is 7. The van der Waals surface area contributed by atoms with Crippen LogP contribution in [0.25, 0.3) is 0 Å². The molecule has 3 aromatic carbocycles. The molecule has 3 N–H and O–H groups in total. The number of anilines is 3. The second kappa shape index (κ2) is 12.3. The molecule has 3 amide bonds. The third-order valence-corrected chi connectivity index (χ3v) is 8.89. The van der Waals surface area contributed by atoms with Gasteiger partial charge >= 0.3 is 6.43 Å². The SMILES string of the molecule is Cc1cc(NC(=O)[C@H]2[C@H](c3cc(Cl)c(Cl)c(Cl)c3)C2(Cl)Cl)cc(C(=O)Nc2c(F)ccc(NC(=O)C(F)F)c2F)c1Cl. The van der Waals surface area contributed by atoms with Crippen molar-refractivity contribution in [3.63, 3.8) is 0 Å². The first-order valence-electron chi connectivity index (χ1n) is 11.6. The molecule has 0 saturated heterocycles. The molecule has 2 atom stereocenters. The fourth-order valence-corrected chi connectivity index (χ4v) is 5.82. The highest BCUT2D eigenvalue weighted by Crippen LogP contribution is 2.65. The van der Waals surface area contributed by atoms with E-state index < -0.39 is 63.3 Å². The Morgan fingerprint density at radius 2 is 1.50 bits per heavy atom. The van der Waals surface area contributed by atoms with Crippen LogP contribution in [0.1, 0.15) is 27.4 Å². The Hall–Kier alpha value is -2.47. The minimum atomic E-state index is -3.47. The van der Waals surface area contributed by atoms with E-state index in [0.29, 0.717) is 23.3 Å². The summed E-state index contributed by atoms with van der Waals surface area (Å²) < 4.78 is 52.8. The predicted octanol–water partition coefficient (Wildman–Crippen LogP) is 8.87. The van der Waals surface area contributed by atoms with Crippen LogP contribution in [0.4, 0.5) is 34.6 Å². The number of halogens is 10. The molecule has 1 aliphatic rings. The molecular formula is C26H15Cl6F4N3O3. The molecule has 222 valence electrons. The van der Waals surface area contributed by atoms with Gasteiger partial charge in [-0.15, -0.1) is 23.2 Å². The molecule has 0 bridgehead atoms. The summed E-state index contributed by atoms with van der Waals surface area (Å²) >= 11 is 37.2. The van der Waals surface area contributed by atoms with Crippen LogP contribution in [0.2, 0.25) is 20.1 Å². The van der Waals surface area contributed by atoms with Gasteiger partial charge in [0.05, 0.1) is 37.3 Å². The van der Waals surface area contributed by atoms with Crippen LogP contribution in [0, 0.1) is 24.5 Å². The first-order chi connectivity index (χ1) is 19.5. The van der Waals surface area contributed by atoms with Crippen LogP contribution in [0.5, 0.6) is 0 Å². The highest BCUT2D eigenvalue weighted by atomic mass is 35.5. The summed E-state index contributed by atoms with van der Waals surface area (Å²) in [6.45, 7) is 1.50. The Bertz CT molecular complexity index is 1620. The molecule has 0 radical (unpaired) electrons. The molecular weight excluding hydrogens is 691 g/mol. The third-order valence-electron chi connectivity index (χ3n) is 6.25. The number of alkyl halides is 4. The molecule has 1 saturated carbocycles. The zero-order valence-electron chi connectivity index (χ0n) is 20.7. The lowest BCUT2D eigenvalue weighted by Gasteiger charge is -2.14. The Balaban J connectivity index is 1.57. The molecule has 4 rings (SSSR count). The maximum Gasteiger partial charge on any atom is 0.315 e. The maximum atomic E-state index is 14.8. The molecule has 0 aliphatic heterocycles. The fourth-order valence-electron chi connectivity index (χ4n) is 4.18. The van der Waals surface area contributed by atoms with E-state index in [9.17, 15) is 31.9 Å². The van der Waals surface area contributed by atoms with Crippen molar-refractivity contribution in [2.45, 2.75) is 23.6 Å². The summed E-state index contributed by atoms with van der Waals surface area (Å²) in [6.07, 6.45) is -3.47. The maximum absolute atomic E-state index is 14.8. The van der Waals surface area contributed by atoms with Gasteiger partial charge in [-0.1, -0.05) is 46.4 Å². The van der Waals surface area contributed by atoms with E-state index in [1.165, 1.54) is 25.1 Å². The molecule has 1 fully saturated rings. The van der Waals surface area contributed by atoms with Crippen molar-refractivity contribution < 1.29 is 31.9 Å². The van der Waals surface area contributed by atoms with Crippen molar-refractivity contribution in [3.05, 3.63) is 84.8 Å². The predicted molar refractivity (Wildman–Crippen MR) is 156 cm³/mol. The number of hydrogen-bond donors (Lipinski definition) is 3. The number of nitrogens with one attached hydrogen (secondary N) is 3. The monoisotopic (exact) mass is 703 g/mol. The van der Waals surface area contributed by atoms with Gasteiger partial charge in [0.1, 0.15) is 15.8 Å². The van der Waals surface area contributed by atoms with Gasteiger partial charge in [0.15, 0.2) is 5.82 Å². The van der Waals surface area contributed by atoms with Crippen LogP contribution in [-0.2, 0) is 9.59 Å². The normalized spacial score (nSPS) is 17.1. The Morgan fingerprint density at radius 1 is 0.881 bits per heavy atom. The molecule has 0 aromatic heterocycles. The van der Waals surface area contributed by atoms with Crippen molar-refractivity contribution in [2.24, 2.45) is 5.92 Å². The zero-order chi connectivity index (χ0) is 31.3. The lowest BCUT2D eigenvalue weighted by molar-refractivity contribution is -0.126. The minimum Gasteiger partial charge on any atom is -0.326 e. The van der Waals surface area contributed by atoms with Crippen LogP contribution in [0.15, 0.2) is 36.4 Å². The topological polar surface area (TPSA) is 87.3 Å². The summed E-state index contributed by atoms with van der Waals surface area (Å²) in [5.41, 5.74) is -1.32. The number of carbonyl (C=O) groups is 3. The van der Waals surface area contributed by atoms with E-state index in [0.717, 1.165) is 6.07 Å². The largest absolute Gasteiger partial charge is 0.326 e. The van der Waals surface area contributed by atoms with Gasteiger partial charge in [-0.2, -0.15) is 8.78 Å². The van der Waals surface area contributed by atoms with Gasteiger partial charge in [-0.05, 0) is 54.4 Å². The van der Waals surface area contributed by atoms with Crippen molar-refractivity contribution in [3.8, 4) is 0 Å². The molecule has 6 nitrogen and oxygen atoms in total.